The topological polar surface area (TPSA) is 35.0 Å². The molecule has 0 radical (unpaired) electrons. The van der Waals surface area contributed by atoms with Gasteiger partial charge in [0.25, 0.3) is 0 Å². The normalized spacial score (nSPS) is 13.9. The molecule has 0 fully saturated rings. The quantitative estimate of drug-likeness (QED) is 0.174. The van der Waals surface area contributed by atoms with Gasteiger partial charge >= 0.3 is 0 Å². The summed E-state index contributed by atoms with van der Waals surface area (Å²) < 4.78 is 6.71. The summed E-state index contributed by atoms with van der Waals surface area (Å²) in [6, 6.07) is 78.3. The molecular weight excluding hydrogens is 765 g/mol. The smallest absolute Gasteiger partial charge is 0.161 e. The summed E-state index contributed by atoms with van der Waals surface area (Å²) in [7, 11) is 0. The van der Waals surface area contributed by atoms with Crippen molar-refractivity contribution in [3.63, 3.8) is 0 Å². The van der Waals surface area contributed by atoms with Gasteiger partial charge in [-0.05, 0) is 79.5 Å². The first-order valence-electron chi connectivity index (χ1n) is 21.7. The molecule has 0 bridgehead atoms. The van der Waals surface area contributed by atoms with Crippen molar-refractivity contribution in [1.29, 1.82) is 0 Å². The van der Waals surface area contributed by atoms with E-state index in [1.165, 1.54) is 38.8 Å². The van der Waals surface area contributed by atoms with Crippen molar-refractivity contribution in [3.8, 4) is 67.7 Å². The second-order valence-corrected chi connectivity index (χ2v) is 17.2. The molecule has 0 atom stereocenters. The molecule has 0 saturated heterocycles. The maximum atomic E-state index is 6.71. The van der Waals surface area contributed by atoms with Crippen molar-refractivity contribution in [1.82, 2.24) is 9.97 Å². The minimum Gasteiger partial charge on any atom is -0.457 e. The number of aromatic nitrogens is 2. The molecule has 1 aliphatic carbocycles. The number of rotatable bonds is 5. The first-order chi connectivity index (χ1) is 31.0. The number of para-hydroxylation sites is 2. The molecule has 0 amide bonds. The number of fused-ring (bicyclic) bond motifs is 9. The Morgan fingerprint density at radius 1 is 0.333 bits per heavy atom. The molecule has 3 nitrogen and oxygen atoms in total. The SMILES string of the molecule is CC1(C)c2ccccc2C2(c3ccccc3Oc3ccccc32)c2cc(-c3ccccc3-c3nc(-c4ccccc4)cc(-c4ccc(-c5ccccc5)c5ccccc45)n3)ccc21. The van der Waals surface area contributed by atoms with Gasteiger partial charge in [0.05, 0.1) is 16.8 Å². The van der Waals surface area contributed by atoms with Crippen LogP contribution in [0.3, 0.4) is 0 Å². The number of benzene rings is 9. The van der Waals surface area contributed by atoms with Crippen LogP contribution in [-0.4, -0.2) is 9.97 Å². The van der Waals surface area contributed by atoms with E-state index in [1.54, 1.807) is 0 Å². The second kappa shape index (κ2) is 14.4. The van der Waals surface area contributed by atoms with Crippen LogP contribution in [0.2, 0.25) is 0 Å². The fraction of sp³-hybridized carbons (Fsp3) is 0.0667. The van der Waals surface area contributed by atoms with Crippen molar-refractivity contribution in [2.24, 2.45) is 0 Å². The zero-order chi connectivity index (χ0) is 42.1. The van der Waals surface area contributed by atoms with Crippen molar-refractivity contribution < 1.29 is 4.74 Å². The number of hydrogen-bond donors (Lipinski definition) is 0. The summed E-state index contributed by atoms with van der Waals surface area (Å²) in [5.41, 5.74) is 15.9. The van der Waals surface area contributed by atoms with Crippen molar-refractivity contribution in [2.45, 2.75) is 24.7 Å². The Hall–Kier alpha value is -7.88. The van der Waals surface area contributed by atoms with Crippen LogP contribution >= 0.6 is 0 Å². The van der Waals surface area contributed by atoms with Gasteiger partial charge in [-0.3, -0.25) is 0 Å². The first-order valence-corrected chi connectivity index (χ1v) is 21.7. The van der Waals surface area contributed by atoms with E-state index < -0.39 is 5.41 Å². The molecule has 9 aromatic carbocycles. The fourth-order valence-electron chi connectivity index (χ4n) is 10.6. The highest BCUT2D eigenvalue weighted by atomic mass is 16.5. The molecule has 0 N–H and O–H groups in total. The lowest BCUT2D eigenvalue weighted by Crippen LogP contribution is -2.43. The van der Waals surface area contributed by atoms with Crippen molar-refractivity contribution in [3.05, 3.63) is 252 Å². The van der Waals surface area contributed by atoms with Crippen LogP contribution in [0.4, 0.5) is 0 Å². The summed E-state index contributed by atoms with van der Waals surface area (Å²) in [6.45, 7) is 4.73. The Labute approximate surface area is 368 Å². The van der Waals surface area contributed by atoms with Gasteiger partial charge in [-0.25, -0.2) is 9.97 Å². The number of nitrogens with zero attached hydrogens (tertiary/aromatic N) is 2. The molecule has 0 saturated carbocycles. The van der Waals surface area contributed by atoms with Crippen LogP contribution in [0.25, 0.3) is 66.9 Å². The van der Waals surface area contributed by atoms with E-state index in [4.69, 9.17) is 14.7 Å². The summed E-state index contributed by atoms with van der Waals surface area (Å²) in [4.78, 5) is 10.9. The van der Waals surface area contributed by atoms with Crippen LogP contribution in [0, 0.1) is 0 Å². The van der Waals surface area contributed by atoms with Gasteiger partial charge < -0.3 is 4.74 Å². The summed E-state index contributed by atoms with van der Waals surface area (Å²) >= 11 is 0. The summed E-state index contributed by atoms with van der Waals surface area (Å²) in [5.74, 6) is 2.44. The third kappa shape index (κ3) is 5.66. The van der Waals surface area contributed by atoms with Crippen LogP contribution in [0.15, 0.2) is 218 Å². The second-order valence-electron chi connectivity index (χ2n) is 17.2. The highest BCUT2D eigenvalue weighted by Gasteiger charge is 2.52. The molecular formula is C60H42N2O. The predicted molar refractivity (Wildman–Crippen MR) is 257 cm³/mol. The van der Waals surface area contributed by atoms with E-state index in [2.05, 4.69) is 232 Å². The van der Waals surface area contributed by atoms with E-state index in [0.717, 1.165) is 67.2 Å². The Morgan fingerprint density at radius 2 is 0.841 bits per heavy atom. The van der Waals surface area contributed by atoms with Gasteiger partial charge in [-0.2, -0.15) is 0 Å². The lowest BCUT2D eigenvalue weighted by molar-refractivity contribution is 0.425. The van der Waals surface area contributed by atoms with Crippen molar-refractivity contribution >= 4 is 10.8 Å². The molecule has 2 aliphatic rings. The third-order valence-corrected chi connectivity index (χ3v) is 13.5. The average Bonchev–Trinajstić information content (AvgIpc) is 3.35. The molecule has 1 aromatic heterocycles. The molecule has 1 spiro atoms. The average molecular weight is 807 g/mol. The molecule has 63 heavy (non-hydrogen) atoms. The standard InChI is InChI=1S/C60H42N2O/c1-59(2)48-27-13-14-28-50(48)60(51-29-15-17-31-56(51)63-57-32-18-16-30-52(57)60)53-37-41(33-36-49(53)59)42-23-9-12-26-47(42)58-61-54(40-21-7-4-8-22-40)38-55(62-58)46-35-34-43(39-19-5-3-6-20-39)44-24-10-11-25-45(44)46/h3-38H,1-2H3. The van der Waals surface area contributed by atoms with Crippen LogP contribution in [0.1, 0.15) is 47.2 Å². The van der Waals surface area contributed by atoms with Crippen LogP contribution in [-0.2, 0) is 10.8 Å². The number of hydrogen-bond acceptors (Lipinski definition) is 3. The van der Waals surface area contributed by atoms with E-state index in [-0.39, 0.29) is 5.41 Å². The lowest BCUT2D eigenvalue weighted by Gasteiger charge is -2.50. The van der Waals surface area contributed by atoms with Gasteiger partial charge in [0.15, 0.2) is 5.82 Å². The molecule has 1 aliphatic heterocycles. The minimum absolute atomic E-state index is 0.266. The minimum atomic E-state index is -0.623. The third-order valence-electron chi connectivity index (χ3n) is 13.5. The van der Waals surface area contributed by atoms with E-state index in [0.29, 0.717) is 5.82 Å². The van der Waals surface area contributed by atoms with Gasteiger partial charge in [0.2, 0.25) is 0 Å². The zero-order valence-electron chi connectivity index (χ0n) is 35.1. The van der Waals surface area contributed by atoms with Gasteiger partial charge in [-0.1, -0.05) is 208 Å². The van der Waals surface area contributed by atoms with E-state index >= 15 is 0 Å². The molecule has 2 heterocycles. The molecule has 3 heteroatoms. The van der Waals surface area contributed by atoms with Gasteiger partial charge in [-0.15, -0.1) is 0 Å². The Balaban J connectivity index is 1.09. The molecule has 298 valence electrons. The molecule has 0 unspecified atom stereocenters. The molecule has 10 aromatic rings. The van der Waals surface area contributed by atoms with Crippen molar-refractivity contribution in [2.75, 3.05) is 0 Å². The summed E-state index contributed by atoms with van der Waals surface area (Å²) in [5, 5.41) is 2.34. The van der Waals surface area contributed by atoms with Gasteiger partial charge in [0.1, 0.15) is 11.5 Å². The Morgan fingerprint density at radius 3 is 1.54 bits per heavy atom. The predicted octanol–water partition coefficient (Wildman–Crippen LogP) is 15.1. The maximum absolute atomic E-state index is 6.71. The van der Waals surface area contributed by atoms with Crippen LogP contribution < -0.4 is 4.74 Å². The maximum Gasteiger partial charge on any atom is 0.161 e. The van der Waals surface area contributed by atoms with E-state index in [1.807, 2.05) is 0 Å². The highest BCUT2D eigenvalue weighted by Crippen LogP contribution is 2.61. The summed E-state index contributed by atoms with van der Waals surface area (Å²) in [6.07, 6.45) is 0. The highest BCUT2D eigenvalue weighted by molar-refractivity contribution is 6.05. The van der Waals surface area contributed by atoms with Crippen LogP contribution in [0.5, 0.6) is 11.5 Å². The first kappa shape index (κ1) is 36.9. The molecule has 12 rings (SSSR count). The largest absolute Gasteiger partial charge is 0.457 e. The Bertz CT molecular complexity index is 3360. The number of ether oxygens (including phenoxy) is 1. The Kier molecular flexibility index (Phi) is 8.42. The zero-order valence-corrected chi connectivity index (χ0v) is 35.1. The lowest BCUT2D eigenvalue weighted by atomic mass is 9.53. The fourth-order valence-corrected chi connectivity index (χ4v) is 10.6. The van der Waals surface area contributed by atoms with E-state index in [9.17, 15) is 0 Å². The monoisotopic (exact) mass is 806 g/mol. The van der Waals surface area contributed by atoms with Gasteiger partial charge in [0, 0.05) is 33.2 Å².